The molecule has 2 aromatic rings. The standard InChI is InChI=1S/C17H15ClN4/c1-10-8-15-19-11(2)13-9-14(12-6-4-3-5-7-12)16(18)20-17(13)22(15)21-10/h3-10,21H,1-2H3. The molecule has 3 heterocycles. The lowest BCUT2D eigenvalue weighted by Gasteiger charge is -2.27. The minimum atomic E-state index is 0.229. The monoisotopic (exact) mass is 310 g/mol. The number of hydrogen-bond donors (Lipinski definition) is 1. The van der Waals surface area contributed by atoms with E-state index in [9.17, 15) is 0 Å². The predicted molar refractivity (Wildman–Crippen MR) is 90.1 cm³/mol. The van der Waals surface area contributed by atoms with Crippen LogP contribution in [0, 0.1) is 0 Å². The molecule has 0 fully saturated rings. The van der Waals surface area contributed by atoms with Gasteiger partial charge in [-0.1, -0.05) is 41.9 Å². The van der Waals surface area contributed by atoms with Crippen molar-refractivity contribution in [1.29, 1.82) is 0 Å². The Kier molecular flexibility index (Phi) is 3.03. The maximum Gasteiger partial charge on any atom is 0.159 e. The summed E-state index contributed by atoms with van der Waals surface area (Å²) in [5, 5.41) is 2.41. The minimum absolute atomic E-state index is 0.229. The zero-order valence-corrected chi connectivity index (χ0v) is 13.1. The molecule has 0 amide bonds. The molecule has 0 aliphatic carbocycles. The largest absolute Gasteiger partial charge is 0.241 e. The molecule has 1 aromatic heterocycles. The van der Waals surface area contributed by atoms with Crippen LogP contribution in [0.25, 0.3) is 11.1 Å². The highest BCUT2D eigenvalue weighted by Crippen LogP contribution is 2.36. The molecule has 1 unspecified atom stereocenters. The normalized spacial score (nSPS) is 19.4. The molecule has 22 heavy (non-hydrogen) atoms. The first-order valence-electron chi connectivity index (χ1n) is 7.23. The summed E-state index contributed by atoms with van der Waals surface area (Å²) in [6.45, 7) is 4.08. The number of hydrazine groups is 1. The van der Waals surface area contributed by atoms with E-state index in [1.54, 1.807) is 0 Å². The maximum atomic E-state index is 6.45. The van der Waals surface area contributed by atoms with Crippen molar-refractivity contribution in [3.8, 4) is 11.1 Å². The second kappa shape index (κ2) is 4.93. The average Bonchev–Trinajstić information content (AvgIpc) is 2.88. The highest BCUT2D eigenvalue weighted by Gasteiger charge is 2.30. The minimum Gasteiger partial charge on any atom is -0.241 e. The van der Waals surface area contributed by atoms with Crippen molar-refractivity contribution in [1.82, 2.24) is 10.4 Å². The molecule has 1 atom stereocenters. The Bertz CT molecular complexity index is 811. The Balaban J connectivity index is 1.89. The fourth-order valence-corrected chi connectivity index (χ4v) is 3.08. The Morgan fingerprint density at radius 3 is 2.73 bits per heavy atom. The zero-order chi connectivity index (χ0) is 15.3. The van der Waals surface area contributed by atoms with Crippen molar-refractivity contribution in [3.63, 3.8) is 0 Å². The lowest BCUT2D eigenvalue weighted by Crippen LogP contribution is -2.38. The van der Waals surface area contributed by atoms with Gasteiger partial charge >= 0.3 is 0 Å². The molecule has 4 nitrogen and oxygen atoms in total. The van der Waals surface area contributed by atoms with E-state index in [0.29, 0.717) is 5.15 Å². The number of halogens is 1. The third-order valence-electron chi connectivity index (χ3n) is 3.89. The van der Waals surface area contributed by atoms with E-state index in [4.69, 9.17) is 11.6 Å². The number of anilines is 1. The Morgan fingerprint density at radius 1 is 1.18 bits per heavy atom. The summed E-state index contributed by atoms with van der Waals surface area (Å²) in [4.78, 5) is 9.28. The summed E-state index contributed by atoms with van der Waals surface area (Å²) in [7, 11) is 0. The highest BCUT2D eigenvalue weighted by atomic mass is 35.5. The van der Waals surface area contributed by atoms with Crippen molar-refractivity contribution >= 4 is 23.1 Å². The van der Waals surface area contributed by atoms with Crippen LogP contribution in [0.5, 0.6) is 0 Å². The summed E-state index contributed by atoms with van der Waals surface area (Å²) in [5.74, 6) is 1.70. The van der Waals surface area contributed by atoms with Gasteiger partial charge in [-0.25, -0.2) is 20.4 Å². The second-order valence-corrected chi connectivity index (χ2v) is 5.90. The fourth-order valence-electron chi connectivity index (χ4n) is 2.83. The molecule has 4 rings (SSSR count). The van der Waals surface area contributed by atoms with E-state index in [1.807, 2.05) is 42.3 Å². The first-order chi connectivity index (χ1) is 10.6. The number of pyridine rings is 1. The molecule has 2 aliphatic rings. The molecule has 2 aliphatic heterocycles. The molecular weight excluding hydrogens is 296 g/mol. The first kappa shape index (κ1) is 13.5. The van der Waals surface area contributed by atoms with E-state index in [2.05, 4.69) is 34.5 Å². The maximum absolute atomic E-state index is 6.45. The third kappa shape index (κ3) is 2.03. The van der Waals surface area contributed by atoms with Gasteiger partial charge in [-0.2, -0.15) is 0 Å². The summed E-state index contributed by atoms with van der Waals surface area (Å²) < 4.78 is 0. The highest BCUT2D eigenvalue weighted by molar-refractivity contribution is 6.32. The van der Waals surface area contributed by atoms with Crippen LogP contribution in [-0.4, -0.2) is 16.7 Å². The fraction of sp³-hybridized carbons (Fsp3) is 0.176. The van der Waals surface area contributed by atoms with Crippen LogP contribution < -0.4 is 10.4 Å². The molecule has 110 valence electrons. The topological polar surface area (TPSA) is 40.5 Å². The van der Waals surface area contributed by atoms with Gasteiger partial charge in [0.25, 0.3) is 0 Å². The van der Waals surface area contributed by atoms with E-state index < -0.39 is 0 Å². The summed E-state index contributed by atoms with van der Waals surface area (Å²) in [6, 6.07) is 12.3. The van der Waals surface area contributed by atoms with Crippen LogP contribution >= 0.6 is 11.6 Å². The number of hydrogen-bond acceptors (Lipinski definition) is 4. The van der Waals surface area contributed by atoms with Crippen molar-refractivity contribution in [3.05, 3.63) is 59.0 Å². The molecule has 0 bridgehead atoms. The van der Waals surface area contributed by atoms with Gasteiger partial charge in [0.15, 0.2) is 5.82 Å². The van der Waals surface area contributed by atoms with Crippen LogP contribution in [-0.2, 0) is 0 Å². The van der Waals surface area contributed by atoms with Crippen molar-refractivity contribution in [2.75, 3.05) is 5.01 Å². The quantitative estimate of drug-likeness (QED) is 0.815. The Labute approximate surface area is 134 Å². The molecule has 0 saturated heterocycles. The van der Waals surface area contributed by atoms with Gasteiger partial charge in [0, 0.05) is 17.2 Å². The summed E-state index contributed by atoms with van der Waals surface area (Å²) in [5.41, 5.74) is 7.27. The number of aliphatic imine (C=N–C) groups is 1. The number of benzene rings is 1. The number of fused-ring (bicyclic) bond motifs is 3. The average molecular weight is 311 g/mol. The van der Waals surface area contributed by atoms with Crippen molar-refractivity contribution in [2.24, 2.45) is 4.99 Å². The smallest absolute Gasteiger partial charge is 0.159 e. The van der Waals surface area contributed by atoms with Gasteiger partial charge in [0.1, 0.15) is 11.0 Å². The third-order valence-corrected chi connectivity index (χ3v) is 4.17. The SMILES string of the molecule is CC1=NC2=CC(C)NN2c2nc(Cl)c(-c3ccccc3)cc21. The molecule has 1 N–H and O–H groups in total. The number of rotatable bonds is 1. The molecule has 0 radical (unpaired) electrons. The van der Waals surface area contributed by atoms with Crippen molar-refractivity contribution < 1.29 is 0 Å². The molecule has 5 heteroatoms. The van der Waals surface area contributed by atoms with Gasteiger partial charge in [-0.15, -0.1) is 0 Å². The molecule has 0 saturated carbocycles. The molecule has 0 spiro atoms. The zero-order valence-electron chi connectivity index (χ0n) is 12.3. The van der Waals surface area contributed by atoms with E-state index in [0.717, 1.165) is 34.0 Å². The Hall–Kier alpha value is -2.17. The Morgan fingerprint density at radius 2 is 1.95 bits per heavy atom. The van der Waals surface area contributed by atoms with Gasteiger partial charge < -0.3 is 0 Å². The molecular formula is C17H15ClN4. The van der Waals surface area contributed by atoms with Gasteiger partial charge in [0.05, 0.1) is 5.71 Å². The lowest BCUT2D eigenvalue weighted by atomic mass is 10.0. The first-order valence-corrected chi connectivity index (χ1v) is 7.61. The van der Waals surface area contributed by atoms with E-state index >= 15 is 0 Å². The number of nitrogens with zero attached hydrogens (tertiary/aromatic N) is 3. The van der Waals surface area contributed by atoms with Gasteiger partial charge in [-0.05, 0) is 31.6 Å². The predicted octanol–water partition coefficient (Wildman–Crippen LogP) is 3.78. The van der Waals surface area contributed by atoms with Crippen LogP contribution in [0.4, 0.5) is 5.82 Å². The summed E-state index contributed by atoms with van der Waals surface area (Å²) in [6.07, 6.45) is 2.08. The number of aromatic nitrogens is 1. The lowest BCUT2D eigenvalue weighted by molar-refractivity contribution is 0.664. The van der Waals surface area contributed by atoms with Crippen LogP contribution in [0.1, 0.15) is 19.4 Å². The van der Waals surface area contributed by atoms with Crippen molar-refractivity contribution in [2.45, 2.75) is 19.9 Å². The van der Waals surface area contributed by atoms with Crippen LogP contribution in [0.15, 0.2) is 53.3 Å². The second-order valence-electron chi connectivity index (χ2n) is 5.54. The van der Waals surface area contributed by atoms with E-state index in [-0.39, 0.29) is 6.04 Å². The molecule has 1 aromatic carbocycles. The van der Waals surface area contributed by atoms with E-state index in [1.165, 1.54) is 0 Å². The van der Waals surface area contributed by atoms with Crippen LogP contribution in [0.2, 0.25) is 5.15 Å². The number of nitrogens with one attached hydrogen (secondary N) is 1. The van der Waals surface area contributed by atoms with Crippen LogP contribution in [0.3, 0.4) is 0 Å². The van der Waals surface area contributed by atoms with Gasteiger partial charge in [-0.3, -0.25) is 0 Å². The van der Waals surface area contributed by atoms with Gasteiger partial charge in [0.2, 0.25) is 0 Å². The summed E-state index contributed by atoms with van der Waals surface area (Å²) >= 11 is 6.45.